The second-order valence-corrected chi connectivity index (χ2v) is 4.22. The van der Waals surface area contributed by atoms with Crippen LogP contribution in [-0.4, -0.2) is 48.2 Å². The minimum Gasteiger partial charge on any atom is -0.394 e. The maximum atomic E-state index is 9.90. The zero-order chi connectivity index (χ0) is 13.4. The summed E-state index contributed by atoms with van der Waals surface area (Å²) in [4.78, 5) is 8.67. The predicted molar refractivity (Wildman–Crippen MR) is 67.2 cm³/mol. The molecule has 7 nitrogen and oxygen atoms in total. The van der Waals surface area contributed by atoms with Gasteiger partial charge in [0.05, 0.1) is 23.3 Å². The predicted octanol–water partition coefficient (Wildman–Crippen LogP) is -0.107. The van der Waals surface area contributed by atoms with Gasteiger partial charge in [-0.1, -0.05) is 12.1 Å². The summed E-state index contributed by atoms with van der Waals surface area (Å²) in [6.07, 6.45) is -2.58. The number of H-pyrrole nitrogens is 1. The molecule has 2 heterocycles. The monoisotopic (exact) mass is 260 g/mol. The first-order chi connectivity index (χ1) is 9.20. The van der Waals surface area contributed by atoms with Crippen LogP contribution >= 0.6 is 0 Å². The molecule has 0 aliphatic heterocycles. The van der Waals surface area contributed by atoms with Gasteiger partial charge in [0, 0.05) is 0 Å². The maximum Gasteiger partial charge on any atom is 0.200 e. The molecule has 3 rings (SSSR count). The van der Waals surface area contributed by atoms with Crippen molar-refractivity contribution in [1.82, 2.24) is 20.2 Å². The van der Waals surface area contributed by atoms with Crippen molar-refractivity contribution in [3.05, 3.63) is 30.0 Å². The van der Waals surface area contributed by atoms with E-state index in [-0.39, 0.29) is 5.69 Å². The first-order valence-corrected chi connectivity index (χ1v) is 5.78. The van der Waals surface area contributed by atoms with Crippen LogP contribution < -0.4 is 0 Å². The van der Waals surface area contributed by atoms with Crippen LogP contribution in [-0.2, 0) is 0 Å². The Bertz CT molecular complexity index is 727. The van der Waals surface area contributed by atoms with E-state index in [2.05, 4.69) is 20.2 Å². The van der Waals surface area contributed by atoms with E-state index in [4.69, 9.17) is 5.11 Å². The summed E-state index contributed by atoms with van der Waals surface area (Å²) < 4.78 is 0. The number of rotatable bonds is 3. The van der Waals surface area contributed by atoms with Crippen molar-refractivity contribution >= 4 is 22.2 Å². The average Bonchev–Trinajstić information content (AvgIpc) is 2.85. The normalized spacial score (nSPS) is 14.9. The number of aliphatic hydroxyl groups excluding tert-OH is 3. The molecular formula is C12H12N4O3. The number of hydrogen-bond donors (Lipinski definition) is 4. The summed E-state index contributed by atoms with van der Waals surface area (Å²) in [5.74, 6) is 0. The smallest absolute Gasteiger partial charge is 0.200 e. The lowest BCUT2D eigenvalue weighted by molar-refractivity contribution is -0.0167. The molecule has 0 fully saturated rings. The molecule has 98 valence electrons. The molecule has 4 N–H and O–H groups in total. The Kier molecular flexibility index (Phi) is 2.86. The van der Waals surface area contributed by atoms with Gasteiger partial charge >= 0.3 is 0 Å². The van der Waals surface area contributed by atoms with Crippen molar-refractivity contribution in [2.45, 2.75) is 12.2 Å². The molecular weight excluding hydrogens is 248 g/mol. The van der Waals surface area contributed by atoms with Crippen molar-refractivity contribution in [2.75, 3.05) is 6.61 Å². The summed E-state index contributed by atoms with van der Waals surface area (Å²) in [6.45, 7) is -0.553. The Labute approximate surface area is 107 Å². The molecule has 0 bridgehead atoms. The van der Waals surface area contributed by atoms with Crippen LogP contribution in [0.5, 0.6) is 0 Å². The third-order valence-electron chi connectivity index (χ3n) is 2.94. The van der Waals surface area contributed by atoms with Crippen molar-refractivity contribution in [3.63, 3.8) is 0 Å². The lowest BCUT2D eigenvalue weighted by atomic mass is 10.1. The van der Waals surface area contributed by atoms with E-state index in [1.807, 2.05) is 18.2 Å². The van der Waals surface area contributed by atoms with Gasteiger partial charge < -0.3 is 15.3 Å². The van der Waals surface area contributed by atoms with Gasteiger partial charge in [-0.15, -0.1) is 0 Å². The third-order valence-corrected chi connectivity index (χ3v) is 2.94. The molecule has 1 aromatic carbocycles. The number of benzene rings is 1. The molecule has 0 saturated carbocycles. The Morgan fingerprint density at radius 3 is 2.47 bits per heavy atom. The molecule has 0 saturated heterocycles. The SMILES string of the molecule is OC[C@H](O)[C@H](O)c1[nH]nc2nc3ccccc3nc12. The average molecular weight is 260 g/mol. The van der Waals surface area contributed by atoms with E-state index in [1.165, 1.54) is 0 Å². The zero-order valence-corrected chi connectivity index (χ0v) is 9.85. The number of fused-ring (bicyclic) bond motifs is 2. The van der Waals surface area contributed by atoms with Crippen LogP contribution in [0, 0.1) is 0 Å². The highest BCUT2D eigenvalue weighted by atomic mass is 16.4. The van der Waals surface area contributed by atoms with Crippen LogP contribution in [0.1, 0.15) is 11.8 Å². The van der Waals surface area contributed by atoms with Crippen LogP contribution in [0.15, 0.2) is 24.3 Å². The summed E-state index contributed by atoms with van der Waals surface area (Å²) in [5.41, 5.74) is 2.36. The van der Waals surface area contributed by atoms with Gasteiger partial charge in [0.15, 0.2) is 0 Å². The number of nitrogens with one attached hydrogen (secondary N) is 1. The molecule has 0 radical (unpaired) electrons. The Hall–Kier alpha value is -2.09. The Morgan fingerprint density at radius 2 is 1.79 bits per heavy atom. The van der Waals surface area contributed by atoms with E-state index < -0.39 is 18.8 Å². The summed E-state index contributed by atoms with van der Waals surface area (Å²) in [6, 6.07) is 7.30. The Balaban J connectivity index is 2.19. The molecule has 3 aromatic rings. The van der Waals surface area contributed by atoms with E-state index in [0.29, 0.717) is 22.2 Å². The van der Waals surface area contributed by atoms with Gasteiger partial charge in [0.1, 0.15) is 17.7 Å². The molecule has 0 aliphatic carbocycles. The van der Waals surface area contributed by atoms with Crippen LogP contribution in [0.2, 0.25) is 0 Å². The number of para-hydroxylation sites is 2. The van der Waals surface area contributed by atoms with E-state index in [0.717, 1.165) is 0 Å². The topological polar surface area (TPSA) is 115 Å². The molecule has 2 atom stereocenters. The lowest BCUT2D eigenvalue weighted by Gasteiger charge is -2.13. The molecule has 0 spiro atoms. The second kappa shape index (κ2) is 4.54. The third kappa shape index (κ3) is 1.93. The number of aliphatic hydroxyl groups is 3. The van der Waals surface area contributed by atoms with Gasteiger partial charge in [-0.3, -0.25) is 5.10 Å². The quantitative estimate of drug-likeness (QED) is 0.522. The van der Waals surface area contributed by atoms with Gasteiger partial charge in [-0.25, -0.2) is 9.97 Å². The highest BCUT2D eigenvalue weighted by molar-refractivity contribution is 5.85. The molecule has 0 aliphatic rings. The Morgan fingerprint density at radius 1 is 1.11 bits per heavy atom. The van der Waals surface area contributed by atoms with E-state index >= 15 is 0 Å². The summed E-state index contributed by atoms with van der Waals surface area (Å²) in [7, 11) is 0. The number of aromatic amines is 1. The van der Waals surface area contributed by atoms with Crippen molar-refractivity contribution < 1.29 is 15.3 Å². The highest BCUT2D eigenvalue weighted by Gasteiger charge is 2.23. The minimum absolute atomic E-state index is 0.245. The standard InChI is InChI=1S/C12H12N4O3/c17-5-8(18)11(19)9-10-12(16-15-9)14-7-4-2-1-3-6(7)13-10/h1-4,8,11,17-19H,5H2,(H,14,15,16)/t8-,11-/m0/s1. The molecule has 2 aromatic heterocycles. The van der Waals surface area contributed by atoms with Gasteiger partial charge in [-0.05, 0) is 12.1 Å². The number of aromatic nitrogens is 4. The summed E-state index contributed by atoms with van der Waals surface area (Å²) in [5, 5.41) is 34.8. The fourth-order valence-electron chi connectivity index (χ4n) is 1.91. The fourth-order valence-corrected chi connectivity index (χ4v) is 1.91. The van der Waals surface area contributed by atoms with Gasteiger partial charge in [0.2, 0.25) is 5.65 Å². The second-order valence-electron chi connectivity index (χ2n) is 4.22. The van der Waals surface area contributed by atoms with Crippen molar-refractivity contribution in [1.29, 1.82) is 0 Å². The first-order valence-electron chi connectivity index (χ1n) is 5.78. The molecule has 19 heavy (non-hydrogen) atoms. The summed E-state index contributed by atoms with van der Waals surface area (Å²) >= 11 is 0. The molecule has 0 amide bonds. The molecule has 7 heteroatoms. The van der Waals surface area contributed by atoms with E-state index in [9.17, 15) is 10.2 Å². The molecule has 0 unspecified atom stereocenters. The highest BCUT2D eigenvalue weighted by Crippen LogP contribution is 2.23. The van der Waals surface area contributed by atoms with Crippen LogP contribution in [0.3, 0.4) is 0 Å². The van der Waals surface area contributed by atoms with Crippen molar-refractivity contribution in [2.24, 2.45) is 0 Å². The van der Waals surface area contributed by atoms with E-state index in [1.54, 1.807) is 6.07 Å². The van der Waals surface area contributed by atoms with Gasteiger partial charge in [0.25, 0.3) is 0 Å². The van der Waals surface area contributed by atoms with Gasteiger partial charge in [-0.2, -0.15) is 5.10 Å². The first kappa shape index (κ1) is 12.0. The fraction of sp³-hybridized carbons (Fsp3) is 0.250. The zero-order valence-electron chi connectivity index (χ0n) is 9.85. The maximum absolute atomic E-state index is 9.90. The minimum atomic E-state index is -1.29. The number of nitrogens with zero attached hydrogens (tertiary/aromatic N) is 3. The largest absolute Gasteiger partial charge is 0.394 e. The van der Waals surface area contributed by atoms with Crippen LogP contribution in [0.25, 0.3) is 22.2 Å². The number of hydrogen-bond acceptors (Lipinski definition) is 6. The van der Waals surface area contributed by atoms with Crippen LogP contribution in [0.4, 0.5) is 0 Å². The lowest BCUT2D eigenvalue weighted by Crippen LogP contribution is -2.22. The van der Waals surface area contributed by atoms with Crippen molar-refractivity contribution in [3.8, 4) is 0 Å².